The molecule has 9 heteroatoms. The number of benzene rings is 1. The lowest BCUT2D eigenvalue weighted by atomic mass is 10.1. The Morgan fingerprint density at radius 2 is 1.46 bits per heavy atom. The molecule has 3 aromatic rings. The molecule has 0 fully saturated rings. The Balaban J connectivity index is 1.47. The van der Waals surface area contributed by atoms with Crippen molar-refractivity contribution in [1.82, 2.24) is 31.2 Å². The highest BCUT2D eigenvalue weighted by molar-refractivity contribution is 5.97. The lowest BCUT2D eigenvalue weighted by Crippen LogP contribution is -2.47. The molecule has 0 aliphatic carbocycles. The molecule has 0 aliphatic rings. The van der Waals surface area contributed by atoms with Crippen molar-refractivity contribution in [2.45, 2.75) is 44.9 Å². The Morgan fingerprint density at radius 3 is 2.08 bits per heavy atom. The molecule has 0 bridgehead atoms. The van der Waals surface area contributed by atoms with Crippen LogP contribution in [0, 0.1) is 0 Å². The Hall–Kier alpha value is -3.66. The first kappa shape index (κ1) is 27.9. The average Bonchev–Trinajstić information content (AvgIpc) is 2.93. The maximum Gasteiger partial charge on any atom is 0.251 e. The number of nitrogens with two attached hydrogens (primary N) is 1. The standard InChI is InChI=1S/C28H37N7O2/c29-14-6-18-34-28(37)26(9-5-15-30-20-24-7-1-3-16-32-24)35-27(36)23-12-10-22(11-13-23)19-31-21-25-8-2-4-17-33-25/h1-4,7-8,10-13,16-17,26,30-31H,5-6,9,14-15,18-21,29H2,(H,34,37)(H,35,36). The number of nitrogens with zero attached hydrogens (tertiary/aromatic N) is 2. The summed E-state index contributed by atoms with van der Waals surface area (Å²) in [7, 11) is 0. The van der Waals surface area contributed by atoms with E-state index in [0.29, 0.717) is 57.7 Å². The summed E-state index contributed by atoms with van der Waals surface area (Å²) >= 11 is 0. The number of aromatic nitrogens is 2. The van der Waals surface area contributed by atoms with Crippen LogP contribution in [0.1, 0.15) is 46.6 Å². The molecule has 3 rings (SSSR count). The van der Waals surface area contributed by atoms with Gasteiger partial charge in [0, 0.05) is 44.1 Å². The molecule has 1 aromatic carbocycles. The number of hydrogen-bond donors (Lipinski definition) is 5. The van der Waals surface area contributed by atoms with Crippen molar-refractivity contribution in [2.24, 2.45) is 5.73 Å². The van der Waals surface area contributed by atoms with Crippen LogP contribution in [0.3, 0.4) is 0 Å². The zero-order valence-electron chi connectivity index (χ0n) is 21.2. The highest BCUT2D eigenvalue weighted by atomic mass is 16.2. The molecular weight excluding hydrogens is 466 g/mol. The fourth-order valence-electron chi connectivity index (χ4n) is 3.71. The summed E-state index contributed by atoms with van der Waals surface area (Å²) in [5, 5.41) is 12.5. The van der Waals surface area contributed by atoms with Gasteiger partial charge in [-0.3, -0.25) is 19.6 Å². The van der Waals surface area contributed by atoms with E-state index >= 15 is 0 Å². The summed E-state index contributed by atoms with van der Waals surface area (Å²) in [5.74, 6) is -0.463. The minimum Gasteiger partial charge on any atom is -0.354 e. The average molecular weight is 504 g/mol. The molecule has 2 amide bonds. The van der Waals surface area contributed by atoms with Gasteiger partial charge in [0.15, 0.2) is 0 Å². The Kier molecular flexibility index (Phi) is 12.2. The van der Waals surface area contributed by atoms with Gasteiger partial charge in [-0.2, -0.15) is 0 Å². The second kappa shape index (κ2) is 16.2. The monoisotopic (exact) mass is 503 g/mol. The van der Waals surface area contributed by atoms with Crippen LogP contribution in [-0.4, -0.2) is 47.5 Å². The van der Waals surface area contributed by atoms with E-state index in [0.717, 1.165) is 23.4 Å². The van der Waals surface area contributed by atoms with Crippen LogP contribution in [0.25, 0.3) is 0 Å². The van der Waals surface area contributed by atoms with E-state index in [1.165, 1.54) is 0 Å². The van der Waals surface area contributed by atoms with Crippen LogP contribution >= 0.6 is 0 Å². The van der Waals surface area contributed by atoms with Crippen LogP contribution in [0.4, 0.5) is 0 Å². The zero-order chi connectivity index (χ0) is 26.1. The molecule has 1 unspecified atom stereocenters. The van der Waals surface area contributed by atoms with E-state index in [1.807, 2.05) is 48.5 Å². The Bertz CT molecular complexity index is 1060. The van der Waals surface area contributed by atoms with Crippen molar-refractivity contribution in [3.8, 4) is 0 Å². The zero-order valence-corrected chi connectivity index (χ0v) is 21.2. The first-order valence-corrected chi connectivity index (χ1v) is 12.7. The predicted octanol–water partition coefficient (Wildman–Crippen LogP) is 1.90. The number of rotatable bonds is 16. The maximum atomic E-state index is 12.9. The van der Waals surface area contributed by atoms with Crippen molar-refractivity contribution in [2.75, 3.05) is 19.6 Å². The molecule has 0 spiro atoms. The number of pyridine rings is 2. The molecule has 9 nitrogen and oxygen atoms in total. The van der Waals surface area contributed by atoms with E-state index in [9.17, 15) is 9.59 Å². The molecule has 2 heterocycles. The molecular formula is C28H37N7O2. The molecule has 0 aliphatic heterocycles. The number of carbonyl (C=O) groups is 2. The van der Waals surface area contributed by atoms with Crippen LogP contribution in [-0.2, 0) is 24.4 Å². The summed E-state index contributed by atoms with van der Waals surface area (Å²) in [4.78, 5) is 34.3. The van der Waals surface area contributed by atoms with Gasteiger partial charge in [0.05, 0.1) is 11.4 Å². The highest BCUT2D eigenvalue weighted by Gasteiger charge is 2.21. The molecule has 6 N–H and O–H groups in total. The summed E-state index contributed by atoms with van der Waals surface area (Å²) in [5.41, 5.74) is 9.05. The smallest absolute Gasteiger partial charge is 0.251 e. The third-order valence-corrected chi connectivity index (χ3v) is 5.76. The van der Waals surface area contributed by atoms with E-state index in [4.69, 9.17) is 5.73 Å². The van der Waals surface area contributed by atoms with Gasteiger partial charge >= 0.3 is 0 Å². The first-order chi connectivity index (χ1) is 18.2. The molecule has 2 aromatic heterocycles. The lowest BCUT2D eigenvalue weighted by Gasteiger charge is -2.19. The highest BCUT2D eigenvalue weighted by Crippen LogP contribution is 2.07. The number of carbonyl (C=O) groups excluding carboxylic acids is 2. The summed E-state index contributed by atoms with van der Waals surface area (Å²) in [6, 6.07) is 18.4. The van der Waals surface area contributed by atoms with Gasteiger partial charge in [-0.05, 0) is 74.3 Å². The third-order valence-electron chi connectivity index (χ3n) is 5.76. The third kappa shape index (κ3) is 10.5. The molecule has 196 valence electrons. The van der Waals surface area contributed by atoms with Gasteiger partial charge in [-0.15, -0.1) is 0 Å². The topological polar surface area (TPSA) is 134 Å². The molecule has 0 saturated heterocycles. The Morgan fingerprint density at radius 1 is 0.784 bits per heavy atom. The molecule has 37 heavy (non-hydrogen) atoms. The predicted molar refractivity (Wildman–Crippen MR) is 144 cm³/mol. The van der Waals surface area contributed by atoms with Gasteiger partial charge in [0.25, 0.3) is 5.91 Å². The molecule has 0 saturated carbocycles. The fraction of sp³-hybridized carbons (Fsp3) is 0.357. The summed E-state index contributed by atoms with van der Waals surface area (Å²) < 4.78 is 0. The molecule has 1 atom stereocenters. The fourth-order valence-corrected chi connectivity index (χ4v) is 3.71. The summed E-state index contributed by atoms with van der Waals surface area (Å²) in [6.45, 7) is 3.68. The van der Waals surface area contributed by atoms with Gasteiger partial charge < -0.3 is 27.0 Å². The lowest BCUT2D eigenvalue weighted by molar-refractivity contribution is -0.123. The second-order valence-corrected chi connectivity index (χ2v) is 8.72. The minimum absolute atomic E-state index is 0.193. The van der Waals surface area contributed by atoms with Gasteiger partial charge in [0.1, 0.15) is 6.04 Å². The van der Waals surface area contributed by atoms with Crippen molar-refractivity contribution in [1.29, 1.82) is 0 Å². The number of hydrogen-bond acceptors (Lipinski definition) is 7. The SMILES string of the molecule is NCCCNC(=O)C(CCCNCc1ccccn1)NC(=O)c1ccc(CNCc2ccccn2)cc1. The van der Waals surface area contributed by atoms with Crippen molar-refractivity contribution in [3.63, 3.8) is 0 Å². The number of nitrogens with one attached hydrogen (secondary N) is 4. The van der Waals surface area contributed by atoms with Crippen LogP contribution < -0.4 is 27.0 Å². The number of amides is 2. The van der Waals surface area contributed by atoms with Crippen LogP contribution in [0.2, 0.25) is 0 Å². The normalized spacial score (nSPS) is 11.6. The largest absolute Gasteiger partial charge is 0.354 e. The van der Waals surface area contributed by atoms with E-state index in [2.05, 4.69) is 31.2 Å². The second-order valence-electron chi connectivity index (χ2n) is 8.72. The van der Waals surface area contributed by atoms with Crippen LogP contribution in [0.5, 0.6) is 0 Å². The minimum atomic E-state index is -0.623. The van der Waals surface area contributed by atoms with E-state index < -0.39 is 6.04 Å². The van der Waals surface area contributed by atoms with Gasteiger partial charge in [0.2, 0.25) is 5.91 Å². The van der Waals surface area contributed by atoms with E-state index in [-0.39, 0.29) is 11.8 Å². The first-order valence-electron chi connectivity index (χ1n) is 12.7. The maximum absolute atomic E-state index is 12.9. The van der Waals surface area contributed by atoms with Gasteiger partial charge in [-0.1, -0.05) is 24.3 Å². The van der Waals surface area contributed by atoms with Gasteiger partial charge in [-0.25, -0.2) is 0 Å². The van der Waals surface area contributed by atoms with Crippen molar-refractivity contribution < 1.29 is 9.59 Å². The quantitative estimate of drug-likeness (QED) is 0.189. The van der Waals surface area contributed by atoms with Crippen molar-refractivity contribution >= 4 is 11.8 Å². The molecule has 0 radical (unpaired) electrons. The van der Waals surface area contributed by atoms with Crippen molar-refractivity contribution in [3.05, 3.63) is 95.6 Å². The summed E-state index contributed by atoms with van der Waals surface area (Å²) in [6.07, 6.45) is 5.47. The van der Waals surface area contributed by atoms with E-state index in [1.54, 1.807) is 24.5 Å². The Labute approximate surface area is 218 Å². The van der Waals surface area contributed by atoms with Crippen LogP contribution in [0.15, 0.2) is 73.1 Å².